The maximum Gasteiger partial charge on any atom is 0.345 e. The maximum atomic E-state index is 12.4. The summed E-state index contributed by atoms with van der Waals surface area (Å²) in [6.45, 7) is 0. The summed E-state index contributed by atoms with van der Waals surface area (Å²) in [5.74, 6) is 0. The first-order valence-electron chi connectivity index (χ1n) is 7.93. The number of aromatic nitrogens is 1. The van der Waals surface area contributed by atoms with E-state index in [1.54, 1.807) is 35.9 Å². The van der Waals surface area contributed by atoms with E-state index in [-0.39, 0.29) is 5.02 Å². The zero-order chi connectivity index (χ0) is 19.7. The topological polar surface area (TPSA) is 67.5 Å². The lowest BCUT2D eigenvalue weighted by molar-refractivity contribution is 0.563. The first-order valence-corrected chi connectivity index (χ1v) is 9.94. The molecule has 0 aliphatic carbocycles. The lowest BCUT2D eigenvalue weighted by Crippen LogP contribution is -2.03. The highest BCUT2D eigenvalue weighted by molar-refractivity contribution is 7.14. The fraction of sp³-hybridized carbons (Fsp3) is 0. The number of benzene rings is 2. The normalized spacial score (nSPS) is 11.4. The van der Waals surface area contributed by atoms with Gasteiger partial charge in [-0.3, -0.25) is 5.43 Å². The standard InChI is InChI=1S/C19H10Cl3N3O2S/c20-12-3-1-10(2-4-12)8-23-25-19-24-16(9-28-19)14-6-11-5-13(21)7-15(22)17(11)27-18(14)26/h1-9H,(H,24,25). The molecule has 0 aliphatic heterocycles. The Morgan fingerprint density at radius 3 is 2.64 bits per heavy atom. The molecule has 0 radical (unpaired) electrons. The molecule has 1 N–H and O–H groups in total. The molecule has 4 rings (SSSR count). The fourth-order valence-corrected chi connectivity index (χ4v) is 3.83. The fourth-order valence-electron chi connectivity index (χ4n) is 2.50. The second-order valence-electron chi connectivity index (χ2n) is 5.71. The van der Waals surface area contributed by atoms with Crippen LogP contribution in [-0.2, 0) is 0 Å². The van der Waals surface area contributed by atoms with Crippen LogP contribution in [-0.4, -0.2) is 11.2 Å². The summed E-state index contributed by atoms with van der Waals surface area (Å²) < 4.78 is 5.35. The van der Waals surface area contributed by atoms with E-state index in [9.17, 15) is 4.79 Å². The van der Waals surface area contributed by atoms with Crippen molar-refractivity contribution in [3.8, 4) is 11.3 Å². The summed E-state index contributed by atoms with van der Waals surface area (Å²) in [6, 6.07) is 12.1. The minimum atomic E-state index is -0.529. The van der Waals surface area contributed by atoms with Crippen LogP contribution in [0.5, 0.6) is 0 Å². The van der Waals surface area contributed by atoms with Gasteiger partial charge < -0.3 is 4.42 Å². The zero-order valence-corrected chi connectivity index (χ0v) is 17.0. The smallest absolute Gasteiger partial charge is 0.345 e. The van der Waals surface area contributed by atoms with Gasteiger partial charge in [0.25, 0.3) is 0 Å². The van der Waals surface area contributed by atoms with E-state index in [0.29, 0.717) is 37.4 Å². The van der Waals surface area contributed by atoms with Crippen LogP contribution in [0.3, 0.4) is 0 Å². The molecule has 2 heterocycles. The molecule has 9 heteroatoms. The minimum absolute atomic E-state index is 0.281. The average Bonchev–Trinajstić information content (AvgIpc) is 3.12. The molecule has 2 aromatic heterocycles. The van der Waals surface area contributed by atoms with Crippen molar-refractivity contribution in [3.63, 3.8) is 0 Å². The zero-order valence-electron chi connectivity index (χ0n) is 13.9. The summed E-state index contributed by atoms with van der Waals surface area (Å²) in [5.41, 5.74) is 4.28. The molecule has 0 unspecified atom stereocenters. The number of anilines is 1. The highest BCUT2D eigenvalue weighted by Crippen LogP contribution is 2.30. The first kappa shape index (κ1) is 19.0. The number of rotatable bonds is 4. The van der Waals surface area contributed by atoms with Crippen molar-refractivity contribution < 1.29 is 4.42 Å². The van der Waals surface area contributed by atoms with Crippen LogP contribution in [0.1, 0.15) is 5.56 Å². The van der Waals surface area contributed by atoms with Crippen molar-refractivity contribution >= 4 is 68.5 Å². The Balaban J connectivity index is 1.59. The van der Waals surface area contributed by atoms with E-state index in [2.05, 4.69) is 15.5 Å². The Morgan fingerprint density at radius 1 is 1.07 bits per heavy atom. The minimum Gasteiger partial charge on any atom is -0.421 e. The second-order valence-corrected chi connectivity index (χ2v) is 7.85. The van der Waals surface area contributed by atoms with Crippen LogP contribution >= 0.6 is 46.1 Å². The van der Waals surface area contributed by atoms with Crippen LogP contribution in [0.25, 0.3) is 22.2 Å². The number of fused-ring (bicyclic) bond motifs is 1. The Labute approximate surface area is 178 Å². The van der Waals surface area contributed by atoms with Crippen LogP contribution in [0, 0.1) is 0 Å². The maximum absolute atomic E-state index is 12.4. The molecule has 140 valence electrons. The van der Waals surface area contributed by atoms with Gasteiger partial charge in [0.05, 0.1) is 22.5 Å². The first-order chi connectivity index (χ1) is 13.5. The number of nitrogens with one attached hydrogen (secondary N) is 1. The van der Waals surface area contributed by atoms with E-state index < -0.39 is 5.63 Å². The van der Waals surface area contributed by atoms with Gasteiger partial charge in [-0.2, -0.15) is 5.10 Å². The van der Waals surface area contributed by atoms with Gasteiger partial charge in [0.2, 0.25) is 5.13 Å². The number of hydrazone groups is 1. The van der Waals surface area contributed by atoms with Gasteiger partial charge in [0.15, 0.2) is 5.58 Å². The monoisotopic (exact) mass is 449 g/mol. The molecular weight excluding hydrogens is 441 g/mol. The summed E-state index contributed by atoms with van der Waals surface area (Å²) in [4.78, 5) is 16.7. The number of hydrogen-bond donors (Lipinski definition) is 1. The third kappa shape index (κ3) is 4.05. The number of hydrogen-bond acceptors (Lipinski definition) is 6. The van der Waals surface area contributed by atoms with Crippen LogP contribution < -0.4 is 11.1 Å². The Morgan fingerprint density at radius 2 is 1.86 bits per heavy atom. The molecule has 0 fully saturated rings. The number of nitrogens with zero attached hydrogens (tertiary/aromatic N) is 2. The molecule has 0 saturated carbocycles. The molecule has 0 amide bonds. The molecule has 5 nitrogen and oxygen atoms in total. The van der Waals surface area contributed by atoms with Crippen molar-refractivity contribution in [3.05, 3.63) is 78.9 Å². The molecule has 0 aliphatic rings. The van der Waals surface area contributed by atoms with Gasteiger partial charge in [0.1, 0.15) is 0 Å². The van der Waals surface area contributed by atoms with E-state index in [4.69, 9.17) is 39.2 Å². The number of thiazole rings is 1. The van der Waals surface area contributed by atoms with Gasteiger partial charge in [-0.15, -0.1) is 11.3 Å². The quantitative estimate of drug-likeness (QED) is 0.224. The molecule has 4 aromatic rings. The largest absolute Gasteiger partial charge is 0.421 e. The molecular formula is C19H10Cl3N3O2S. The highest BCUT2D eigenvalue weighted by atomic mass is 35.5. The Kier molecular flexibility index (Phi) is 5.37. The second kappa shape index (κ2) is 7.93. The highest BCUT2D eigenvalue weighted by Gasteiger charge is 2.13. The predicted octanol–water partition coefficient (Wildman–Crippen LogP) is 6.32. The lowest BCUT2D eigenvalue weighted by Gasteiger charge is -2.02. The molecule has 28 heavy (non-hydrogen) atoms. The molecule has 0 atom stereocenters. The SMILES string of the molecule is O=c1oc2c(Cl)cc(Cl)cc2cc1-c1csc(NN=Cc2ccc(Cl)cc2)n1. The molecule has 2 aromatic carbocycles. The van der Waals surface area contributed by atoms with E-state index in [0.717, 1.165) is 5.56 Å². The van der Waals surface area contributed by atoms with Gasteiger partial charge in [-0.25, -0.2) is 9.78 Å². The van der Waals surface area contributed by atoms with Crippen molar-refractivity contribution in [2.45, 2.75) is 0 Å². The predicted molar refractivity (Wildman–Crippen MR) is 116 cm³/mol. The lowest BCUT2D eigenvalue weighted by atomic mass is 10.1. The summed E-state index contributed by atoms with van der Waals surface area (Å²) in [5, 5.41) is 8.42. The molecule has 0 saturated heterocycles. The van der Waals surface area contributed by atoms with E-state index >= 15 is 0 Å². The van der Waals surface area contributed by atoms with Crippen molar-refractivity contribution in [2.75, 3.05) is 5.43 Å². The van der Waals surface area contributed by atoms with Crippen LogP contribution in [0.2, 0.25) is 15.1 Å². The molecule has 0 spiro atoms. The van der Waals surface area contributed by atoms with Crippen LogP contribution in [0.4, 0.5) is 5.13 Å². The summed E-state index contributed by atoms with van der Waals surface area (Å²) in [6.07, 6.45) is 1.64. The van der Waals surface area contributed by atoms with E-state index in [1.165, 1.54) is 17.4 Å². The van der Waals surface area contributed by atoms with Crippen molar-refractivity contribution in [1.29, 1.82) is 0 Å². The van der Waals surface area contributed by atoms with Crippen molar-refractivity contribution in [2.24, 2.45) is 5.10 Å². The third-order valence-corrected chi connectivity index (χ3v) is 5.27. The number of halogens is 3. The third-order valence-electron chi connectivity index (χ3n) is 3.78. The van der Waals surface area contributed by atoms with Gasteiger partial charge in [-0.05, 0) is 35.9 Å². The molecule has 0 bridgehead atoms. The van der Waals surface area contributed by atoms with Gasteiger partial charge in [0, 0.05) is 20.8 Å². The average molecular weight is 451 g/mol. The Hall–Kier alpha value is -2.38. The van der Waals surface area contributed by atoms with Gasteiger partial charge >= 0.3 is 5.63 Å². The van der Waals surface area contributed by atoms with E-state index in [1.807, 2.05) is 12.1 Å². The summed E-state index contributed by atoms with van der Waals surface area (Å²) in [7, 11) is 0. The van der Waals surface area contributed by atoms with Crippen LogP contribution in [0.15, 0.2) is 62.2 Å². The van der Waals surface area contributed by atoms with Gasteiger partial charge in [-0.1, -0.05) is 46.9 Å². The Bertz CT molecular complexity index is 1250. The summed E-state index contributed by atoms with van der Waals surface area (Å²) >= 11 is 19.3. The van der Waals surface area contributed by atoms with Crippen molar-refractivity contribution in [1.82, 2.24) is 4.98 Å².